The number of alkyl halides is 1. The predicted octanol–water partition coefficient (Wildman–Crippen LogP) is 6.48. The van der Waals surface area contributed by atoms with E-state index in [0.29, 0.717) is 11.3 Å². The smallest absolute Gasteiger partial charge is 0.330 e. The van der Waals surface area contributed by atoms with Gasteiger partial charge >= 0.3 is 5.97 Å². The first-order valence-corrected chi connectivity index (χ1v) is 15.0. The number of hydrogen-bond acceptors (Lipinski definition) is 4. The fourth-order valence-electron chi connectivity index (χ4n) is 4.79. The third-order valence-corrected chi connectivity index (χ3v) is 8.75. The van der Waals surface area contributed by atoms with Gasteiger partial charge in [0.15, 0.2) is 5.76 Å². The van der Waals surface area contributed by atoms with Crippen molar-refractivity contribution in [1.29, 1.82) is 0 Å². The van der Waals surface area contributed by atoms with Crippen LogP contribution in [0.4, 0.5) is 0 Å². The SMILES string of the molecule is C=CC(=O)OC/C=C1\Oc2c(ccc3c2c2cc(C(=IC)c4ccccc4C)ccc2n3CC)C1=O. The van der Waals surface area contributed by atoms with Crippen LogP contribution in [0.5, 0.6) is 5.75 Å². The lowest BCUT2D eigenvalue weighted by atomic mass is 9.98. The van der Waals surface area contributed by atoms with Crippen LogP contribution in [0.1, 0.15) is 34.0 Å². The second-order valence-corrected chi connectivity index (χ2v) is 10.6. The van der Waals surface area contributed by atoms with Gasteiger partial charge in [-0.25, -0.2) is 4.79 Å². The zero-order valence-corrected chi connectivity index (χ0v) is 22.6. The van der Waals surface area contributed by atoms with Crippen LogP contribution in [0.2, 0.25) is 0 Å². The molecule has 0 fully saturated rings. The molecule has 0 bridgehead atoms. The molecule has 0 unspecified atom stereocenters. The van der Waals surface area contributed by atoms with E-state index in [1.54, 1.807) is 0 Å². The lowest BCUT2D eigenvalue weighted by Gasteiger charge is -2.11. The van der Waals surface area contributed by atoms with E-state index in [0.717, 1.165) is 34.4 Å². The summed E-state index contributed by atoms with van der Waals surface area (Å²) in [5, 5.41) is 2.00. The van der Waals surface area contributed by atoms with E-state index in [2.05, 4.69) is 72.4 Å². The van der Waals surface area contributed by atoms with Gasteiger partial charge in [0.2, 0.25) is 5.78 Å². The van der Waals surface area contributed by atoms with Gasteiger partial charge in [-0.3, -0.25) is 4.79 Å². The van der Waals surface area contributed by atoms with Gasteiger partial charge in [-0.05, 0) is 65.8 Å². The van der Waals surface area contributed by atoms with Gasteiger partial charge in [0.1, 0.15) is 12.4 Å². The maximum atomic E-state index is 13.1. The number of aromatic nitrogens is 1. The summed E-state index contributed by atoms with van der Waals surface area (Å²) in [6.07, 6.45) is 2.59. The minimum atomic E-state index is -0.546. The number of esters is 1. The fourth-order valence-corrected chi connectivity index (χ4v) is 6.93. The van der Waals surface area contributed by atoms with Gasteiger partial charge in [-0.15, -0.1) is 20.7 Å². The molecule has 0 N–H and O–H groups in total. The standard InChI is InChI=1S/C30H26INO4/c1-5-26(33)35-16-15-25-29(34)21-12-14-24-27(30(21)36-25)22-17-19(11-13-23(22)32(24)6-2)28(31-4)20-10-8-7-9-18(20)3/h5,7-15,17H,1,6,16H2,2-4H3/b25-15-. The van der Waals surface area contributed by atoms with Crippen LogP contribution < -0.4 is 4.74 Å². The summed E-state index contributed by atoms with van der Waals surface area (Å²) in [7, 11) is 0. The van der Waals surface area contributed by atoms with Crippen LogP contribution in [-0.4, -0.2) is 31.4 Å². The molecule has 3 aromatic carbocycles. The molecule has 0 atom stereocenters. The maximum absolute atomic E-state index is 13.1. The van der Waals surface area contributed by atoms with Gasteiger partial charge in [0.05, 0.1) is 16.5 Å². The average Bonchev–Trinajstić information content (AvgIpc) is 3.39. The van der Waals surface area contributed by atoms with Crippen LogP contribution in [0.15, 0.2) is 79.1 Å². The van der Waals surface area contributed by atoms with Crippen molar-refractivity contribution in [2.24, 2.45) is 0 Å². The predicted molar refractivity (Wildman–Crippen MR) is 154 cm³/mol. The highest BCUT2D eigenvalue weighted by molar-refractivity contribution is 14.2. The number of aryl methyl sites for hydroxylation is 2. The van der Waals surface area contributed by atoms with E-state index in [1.807, 2.05) is 12.1 Å². The molecule has 36 heavy (non-hydrogen) atoms. The maximum Gasteiger partial charge on any atom is 0.330 e. The molecule has 0 amide bonds. The Hall–Kier alpha value is -3.52. The highest BCUT2D eigenvalue weighted by atomic mass is 127. The quantitative estimate of drug-likeness (QED) is 0.112. The summed E-state index contributed by atoms with van der Waals surface area (Å²) >= 11 is -0.198. The highest BCUT2D eigenvalue weighted by Gasteiger charge is 2.31. The van der Waals surface area contributed by atoms with Crippen molar-refractivity contribution in [1.82, 2.24) is 4.57 Å². The molecule has 1 aliphatic heterocycles. The lowest BCUT2D eigenvalue weighted by Crippen LogP contribution is -2.04. The van der Waals surface area contributed by atoms with E-state index < -0.39 is 5.97 Å². The van der Waals surface area contributed by atoms with Crippen molar-refractivity contribution in [3.63, 3.8) is 0 Å². The molecule has 0 spiro atoms. The molecular weight excluding hydrogens is 565 g/mol. The van der Waals surface area contributed by atoms with Crippen LogP contribution in [0, 0.1) is 6.92 Å². The third-order valence-electron chi connectivity index (χ3n) is 6.46. The van der Waals surface area contributed by atoms with Crippen LogP contribution in [-0.2, 0) is 16.1 Å². The summed E-state index contributed by atoms with van der Waals surface area (Å²) in [5.41, 5.74) is 6.43. The molecule has 1 aromatic heterocycles. The van der Waals surface area contributed by atoms with E-state index in [1.165, 1.54) is 26.3 Å². The van der Waals surface area contributed by atoms with Gasteiger partial charge < -0.3 is 14.0 Å². The average molecular weight is 591 g/mol. The number of halogens is 1. The summed E-state index contributed by atoms with van der Waals surface area (Å²) in [6, 6.07) is 19.0. The Morgan fingerprint density at radius 1 is 1.14 bits per heavy atom. The van der Waals surface area contributed by atoms with Crippen molar-refractivity contribution < 1.29 is 19.1 Å². The Bertz CT molecular complexity index is 1620. The molecule has 1 aliphatic rings. The van der Waals surface area contributed by atoms with Gasteiger partial charge in [-0.1, -0.05) is 36.9 Å². The molecule has 5 rings (SSSR count). The number of nitrogens with zero attached hydrogens (tertiary/aromatic N) is 1. The molecule has 2 heterocycles. The number of hydrogen-bond donors (Lipinski definition) is 0. The topological polar surface area (TPSA) is 57.5 Å². The molecular formula is C30H26INO4. The van der Waals surface area contributed by atoms with Crippen molar-refractivity contribution in [3.05, 3.63) is 101 Å². The second kappa shape index (κ2) is 9.85. The number of carbonyl (C=O) groups is 2. The van der Waals surface area contributed by atoms with E-state index in [-0.39, 0.29) is 38.9 Å². The molecule has 0 saturated heterocycles. The number of benzene rings is 3. The first-order valence-electron chi connectivity index (χ1n) is 11.7. The Morgan fingerprint density at radius 2 is 1.92 bits per heavy atom. The largest absolute Gasteiger partial charge is 0.458 e. The molecule has 4 aromatic rings. The monoisotopic (exact) mass is 591 g/mol. The van der Waals surface area contributed by atoms with Gasteiger partial charge in [0, 0.05) is 27.0 Å². The zero-order valence-electron chi connectivity index (χ0n) is 20.4. The van der Waals surface area contributed by atoms with Crippen LogP contribution in [0.25, 0.3) is 21.8 Å². The number of fused-ring (bicyclic) bond motifs is 5. The lowest BCUT2D eigenvalue weighted by molar-refractivity contribution is -0.136. The minimum absolute atomic E-state index is 0.0567. The van der Waals surface area contributed by atoms with Crippen molar-refractivity contribution in [3.8, 4) is 5.75 Å². The van der Waals surface area contributed by atoms with E-state index >= 15 is 0 Å². The molecule has 6 heteroatoms. The third kappa shape index (κ3) is 3.99. The Balaban J connectivity index is 1.67. The number of rotatable bonds is 6. The minimum Gasteiger partial charge on any atom is -0.458 e. The number of Topliss-reactive ketones (excluding diaryl/α,β-unsaturated/α-hetero) is 1. The number of ether oxygens (including phenoxy) is 2. The second-order valence-electron chi connectivity index (χ2n) is 8.46. The normalized spacial score (nSPS) is 14.6. The van der Waals surface area contributed by atoms with Crippen LogP contribution in [0.3, 0.4) is 0 Å². The molecule has 0 aliphatic carbocycles. The number of carbonyl (C=O) groups excluding carboxylic acids is 2. The molecule has 5 nitrogen and oxygen atoms in total. The Kier molecular flexibility index (Phi) is 6.62. The first-order chi connectivity index (χ1) is 17.5. The summed E-state index contributed by atoms with van der Waals surface area (Å²) in [5.74, 6) is -0.0110. The van der Waals surface area contributed by atoms with Gasteiger partial charge in [0.25, 0.3) is 0 Å². The summed E-state index contributed by atoms with van der Waals surface area (Å²) in [4.78, 5) is 26.7. The Morgan fingerprint density at radius 3 is 2.64 bits per heavy atom. The summed E-state index contributed by atoms with van der Waals surface area (Å²) in [6.45, 7) is 8.40. The van der Waals surface area contributed by atoms with Crippen molar-refractivity contribution in [2.75, 3.05) is 11.5 Å². The van der Waals surface area contributed by atoms with Crippen molar-refractivity contribution >= 4 is 57.8 Å². The van der Waals surface area contributed by atoms with E-state index in [4.69, 9.17) is 9.47 Å². The Labute approximate surface area is 219 Å². The number of ketones is 1. The number of allylic oxidation sites excluding steroid dienone is 1. The van der Waals surface area contributed by atoms with Gasteiger partial charge in [-0.2, -0.15) is 0 Å². The fraction of sp³-hybridized carbons (Fsp3) is 0.167. The zero-order chi connectivity index (χ0) is 25.4. The highest BCUT2D eigenvalue weighted by Crippen LogP contribution is 2.43. The van der Waals surface area contributed by atoms with Crippen LogP contribution >= 0.6 is 20.7 Å². The summed E-state index contributed by atoms with van der Waals surface area (Å²) < 4.78 is 14.8. The van der Waals surface area contributed by atoms with E-state index in [9.17, 15) is 9.59 Å². The van der Waals surface area contributed by atoms with Crippen molar-refractivity contribution in [2.45, 2.75) is 20.4 Å². The first kappa shape index (κ1) is 24.2. The molecule has 182 valence electrons. The molecule has 0 radical (unpaired) electrons. The molecule has 0 saturated carbocycles.